The van der Waals surface area contributed by atoms with Crippen LogP contribution in [0.2, 0.25) is 0 Å². The molecule has 1 aromatic heterocycles. The van der Waals surface area contributed by atoms with Crippen LogP contribution < -0.4 is 4.72 Å². The Balaban J connectivity index is 1.41. The van der Waals surface area contributed by atoms with Crippen molar-refractivity contribution in [3.63, 3.8) is 0 Å². The molecule has 2 aliphatic carbocycles. The Morgan fingerprint density at radius 2 is 2.03 bits per heavy atom. The van der Waals surface area contributed by atoms with E-state index in [0.717, 1.165) is 25.2 Å². The smallest absolute Gasteiger partial charge is 0.410 e. The monoisotopic (exact) mass is 492 g/mol. The molecule has 0 radical (unpaired) electrons. The van der Waals surface area contributed by atoms with Crippen LogP contribution in [0.5, 0.6) is 0 Å². The molecular weight excluding hydrogens is 465 g/mol. The second-order valence-electron chi connectivity index (χ2n) is 9.07. The molecule has 6 atom stereocenters. The van der Waals surface area contributed by atoms with Crippen molar-refractivity contribution in [2.45, 2.75) is 74.4 Å². The number of sulfonamides is 1. The van der Waals surface area contributed by atoms with Gasteiger partial charge in [0, 0.05) is 17.5 Å². The molecule has 33 heavy (non-hydrogen) atoms. The van der Waals surface area contributed by atoms with Crippen LogP contribution >= 0.6 is 0 Å². The summed E-state index contributed by atoms with van der Waals surface area (Å²) in [6.45, 7) is 1.68. The summed E-state index contributed by atoms with van der Waals surface area (Å²) in [5.74, 6) is -3.14. The number of nitrogens with one attached hydrogen (secondary N) is 1. The van der Waals surface area contributed by atoms with E-state index < -0.39 is 45.8 Å². The lowest BCUT2D eigenvalue weighted by atomic mass is 9.86. The van der Waals surface area contributed by atoms with Crippen LogP contribution in [0.1, 0.15) is 44.9 Å². The van der Waals surface area contributed by atoms with Gasteiger partial charge in [-0.25, -0.2) is 32.3 Å². The zero-order valence-corrected chi connectivity index (χ0v) is 19.1. The van der Waals surface area contributed by atoms with Crippen molar-refractivity contribution in [2.75, 3.05) is 13.7 Å². The first kappa shape index (κ1) is 24.1. The van der Waals surface area contributed by atoms with Gasteiger partial charge in [-0.1, -0.05) is 0 Å². The maximum Gasteiger partial charge on any atom is 0.410 e. The van der Waals surface area contributed by atoms with E-state index in [0.29, 0.717) is 18.7 Å². The molecule has 3 fully saturated rings. The number of fused-ring (bicyclic) bond motifs is 1. The third-order valence-electron chi connectivity index (χ3n) is 7.09. The summed E-state index contributed by atoms with van der Waals surface area (Å²) in [5.41, 5.74) is -0.164. The van der Waals surface area contributed by atoms with Crippen molar-refractivity contribution in [1.82, 2.24) is 19.6 Å². The molecule has 2 saturated carbocycles. The van der Waals surface area contributed by atoms with Gasteiger partial charge in [-0.3, -0.25) is 4.90 Å². The number of likely N-dealkylation sites (tertiary alicyclic amines) is 1. The Morgan fingerprint density at radius 3 is 2.64 bits per heavy atom. The molecule has 0 bridgehead atoms. The number of halogens is 3. The molecular formula is C20H27F3N4O5S. The Bertz CT molecular complexity index is 982. The van der Waals surface area contributed by atoms with Crippen LogP contribution in [0.15, 0.2) is 12.4 Å². The van der Waals surface area contributed by atoms with E-state index in [-0.39, 0.29) is 30.5 Å². The number of carbonyl (C=O) groups excluding carboxylic acids is 1. The van der Waals surface area contributed by atoms with Gasteiger partial charge in [0.1, 0.15) is 5.82 Å². The maximum absolute atomic E-state index is 13.2. The number of amides is 1. The predicted octanol–water partition coefficient (Wildman–Crippen LogP) is 2.18. The van der Waals surface area contributed by atoms with E-state index in [4.69, 9.17) is 9.47 Å². The Labute approximate surface area is 190 Å². The second kappa shape index (κ2) is 8.99. The molecule has 1 amide bonds. The van der Waals surface area contributed by atoms with Crippen LogP contribution in [0.4, 0.5) is 18.0 Å². The minimum Gasteiger partial charge on any atom is -0.453 e. The normalized spacial score (nSPS) is 33.8. The average molecular weight is 493 g/mol. The summed E-state index contributed by atoms with van der Waals surface area (Å²) in [5, 5.41) is 0. The van der Waals surface area contributed by atoms with Crippen molar-refractivity contribution in [1.29, 1.82) is 0 Å². The number of ether oxygens (including phenoxy) is 2. The molecule has 3 aliphatic rings. The fourth-order valence-corrected chi connectivity index (χ4v) is 6.13. The minimum atomic E-state index is -4.84. The highest BCUT2D eigenvalue weighted by Crippen LogP contribution is 2.61. The zero-order chi connectivity index (χ0) is 24.0. The number of hydrogen-bond donors (Lipinski definition) is 1. The lowest BCUT2D eigenvalue weighted by Crippen LogP contribution is -2.51. The molecule has 1 aliphatic heterocycles. The first-order valence-corrected chi connectivity index (χ1v) is 12.4. The lowest BCUT2D eigenvalue weighted by molar-refractivity contribution is -0.0103. The van der Waals surface area contributed by atoms with E-state index in [1.807, 2.05) is 4.72 Å². The molecule has 4 rings (SSSR count). The standard InChI is InChI=1S/C20H27F3N4O5S/c1-11-5-15(26-33(29,30)18(22)23)16(27(11)19(28)31-2)10-32-14-3-4-20(7-12(20)6-14)17-24-8-13(21)9-25-17/h8-9,11-12,14-16,18,26H,3-7,10H2,1-2H3/t11-,12-,14+,15+,16+,20-/m1/s1. The molecule has 1 N–H and O–H groups in total. The molecule has 1 saturated heterocycles. The van der Waals surface area contributed by atoms with Gasteiger partial charge in [-0.15, -0.1) is 0 Å². The lowest BCUT2D eigenvalue weighted by Gasteiger charge is -2.32. The Hall–Kier alpha value is -1.99. The van der Waals surface area contributed by atoms with Gasteiger partial charge in [-0.2, -0.15) is 8.78 Å². The number of hydrogen-bond acceptors (Lipinski definition) is 7. The van der Waals surface area contributed by atoms with Gasteiger partial charge in [0.2, 0.25) is 0 Å². The summed E-state index contributed by atoms with van der Waals surface area (Å²) in [4.78, 5) is 21.9. The van der Waals surface area contributed by atoms with E-state index in [2.05, 4.69) is 9.97 Å². The number of aromatic nitrogens is 2. The molecule has 0 unspecified atom stereocenters. The van der Waals surface area contributed by atoms with Crippen LogP contribution in [0.3, 0.4) is 0 Å². The van der Waals surface area contributed by atoms with Gasteiger partial charge in [-0.05, 0) is 44.9 Å². The van der Waals surface area contributed by atoms with Crippen LogP contribution in [0.25, 0.3) is 0 Å². The van der Waals surface area contributed by atoms with Gasteiger partial charge in [0.25, 0.3) is 10.0 Å². The highest BCUT2D eigenvalue weighted by Gasteiger charge is 2.60. The first-order valence-electron chi connectivity index (χ1n) is 10.8. The number of nitrogens with zero attached hydrogens (tertiary/aromatic N) is 3. The van der Waals surface area contributed by atoms with E-state index in [1.54, 1.807) is 6.92 Å². The van der Waals surface area contributed by atoms with Crippen molar-refractivity contribution in [3.8, 4) is 0 Å². The summed E-state index contributed by atoms with van der Waals surface area (Å²) >= 11 is 0. The van der Waals surface area contributed by atoms with Gasteiger partial charge >= 0.3 is 11.9 Å². The van der Waals surface area contributed by atoms with Gasteiger partial charge < -0.3 is 9.47 Å². The highest BCUT2D eigenvalue weighted by molar-refractivity contribution is 7.89. The third-order valence-corrected chi connectivity index (χ3v) is 8.19. The summed E-state index contributed by atoms with van der Waals surface area (Å²) in [7, 11) is -3.64. The van der Waals surface area contributed by atoms with Crippen molar-refractivity contribution >= 4 is 16.1 Å². The first-order chi connectivity index (χ1) is 15.6. The third kappa shape index (κ3) is 4.67. The number of carbonyl (C=O) groups is 1. The summed E-state index contributed by atoms with van der Waals surface area (Å²) in [6.07, 6.45) is 4.72. The Morgan fingerprint density at radius 1 is 1.33 bits per heavy atom. The Kier molecular flexibility index (Phi) is 6.58. The van der Waals surface area contributed by atoms with Gasteiger partial charge in [0.05, 0.1) is 38.3 Å². The van der Waals surface area contributed by atoms with E-state index in [1.165, 1.54) is 12.0 Å². The molecule has 9 nitrogen and oxygen atoms in total. The molecule has 2 heterocycles. The molecule has 0 spiro atoms. The van der Waals surface area contributed by atoms with Crippen LogP contribution in [0, 0.1) is 11.7 Å². The molecule has 0 aromatic carbocycles. The van der Waals surface area contributed by atoms with Crippen LogP contribution in [-0.4, -0.2) is 73.1 Å². The summed E-state index contributed by atoms with van der Waals surface area (Å²) < 4.78 is 75.4. The number of alkyl halides is 2. The molecule has 1 aromatic rings. The maximum atomic E-state index is 13.2. The SMILES string of the molecule is COC(=O)N1[C@H](C)C[C@H](NS(=O)(=O)C(F)F)[C@@H]1CO[C@H]1CC[C@@]2(c3ncc(F)cn3)C[C@H]2C1. The quantitative estimate of drug-likeness (QED) is 0.621. The second-order valence-corrected chi connectivity index (χ2v) is 10.8. The topological polar surface area (TPSA) is 111 Å². The summed E-state index contributed by atoms with van der Waals surface area (Å²) in [6, 6.07) is -2.13. The predicted molar refractivity (Wildman–Crippen MR) is 109 cm³/mol. The minimum absolute atomic E-state index is 0.0205. The fraction of sp³-hybridized carbons (Fsp3) is 0.750. The average Bonchev–Trinajstić information content (AvgIpc) is 3.42. The van der Waals surface area contributed by atoms with E-state index >= 15 is 0 Å². The number of methoxy groups -OCH3 is 1. The fourth-order valence-electron chi connectivity index (χ4n) is 5.36. The van der Waals surface area contributed by atoms with Crippen molar-refractivity contribution in [2.24, 2.45) is 5.92 Å². The number of rotatable bonds is 7. The van der Waals surface area contributed by atoms with Crippen molar-refractivity contribution in [3.05, 3.63) is 24.0 Å². The van der Waals surface area contributed by atoms with Crippen molar-refractivity contribution < 1.29 is 35.9 Å². The van der Waals surface area contributed by atoms with Crippen LogP contribution in [-0.2, 0) is 24.9 Å². The largest absolute Gasteiger partial charge is 0.453 e. The van der Waals surface area contributed by atoms with E-state index in [9.17, 15) is 26.4 Å². The highest BCUT2D eigenvalue weighted by atomic mass is 32.2. The van der Waals surface area contributed by atoms with Gasteiger partial charge in [0.15, 0.2) is 5.82 Å². The molecule has 184 valence electrons. The zero-order valence-electron chi connectivity index (χ0n) is 18.3. The molecule has 13 heteroatoms.